The molecule has 2 heterocycles. The van der Waals surface area contributed by atoms with E-state index in [4.69, 9.17) is 12.2 Å². The van der Waals surface area contributed by atoms with Crippen LogP contribution in [0.15, 0.2) is 24.5 Å². The number of thiocarbonyl (C=S) groups is 1. The highest BCUT2D eigenvalue weighted by atomic mass is 32.2. The Labute approximate surface area is 116 Å². The lowest BCUT2D eigenvalue weighted by Gasteiger charge is -2.30. The Balaban J connectivity index is 2.27. The van der Waals surface area contributed by atoms with E-state index in [-0.39, 0.29) is 10.9 Å². The van der Waals surface area contributed by atoms with Crippen LogP contribution in [-0.2, 0) is 0 Å². The molecule has 4 nitrogen and oxygen atoms in total. The van der Waals surface area contributed by atoms with Gasteiger partial charge in [-0.1, -0.05) is 12.2 Å². The van der Waals surface area contributed by atoms with Gasteiger partial charge in [-0.05, 0) is 37.7 Å². The van der Waals surface area contributed by atoms with Crippen molar-refractivity contribution in [2.24, 2.45) is 0 Å². The number of likely N-dealkylation sites (N-methyl/N-ethyl adjacent to an activating group) is 1. The lowest BCUT2D eigenvalue weighted by molar-refractivity contribution is -0.480. The third-order valence-electron chi connectivity index (χ3n) is 3.15. The summed E-state index contributed by atoms with van der Waals surface area (Å²) >= 11 is 6.68. The Morgan fingerprint density at radius 3 is 2.83 bits per heavy atom. The molecule has 6 heteroatoms. The Kier molecular flexibility index (Phi) is 3.59. The molecular weight excluding hydrogens is 266 g/mol. The van der Waals surface area contributed by atoms with Crippen LogP contribution in [0.2, 0.25) is 0 Å². The van der Waals surface area contributed by atoms with Crippen molar-refractivity contribution in [1.82, 2.24) is 9.88 Å². The second-order valence-corrected chi connectivity index (χ2v) is 6.44. The van der Waals surface area contributed by atoms with Gasteiger partial charge in [-0.2, -0.15) is 4.74 Å². The maximum Gasteiger partial charge on any atom is 0.238 e. The predicted molar refractivity (Wildman–Crippen MR) is 78.8 cm³/mol. The molecule has 1 fully saturated rings. The summed E-state index contributed by atoms with van der Waals surface area (Å²) in [6.07, 6.45) is 4.91. The smallest absolute Gasteiger partial charge is 0.238 e. The normalized spacial score (nSPS) is 23.5. The van der Waals surface area contributed by atoms with E-state index in [1.807, 2.05) is 37.9 Å². The number of pyridine rings is 1. The zero-order chi connectivity index (χ0) is 13.3. The molecule has 0 saturated carbocycles. The highest BCUT2D eigenvalue weighted by Gasteiger charge is 2.48. The third kappa shape index (κ3) is 2.35. The van der Waals surface area contributed by atoms with E-state index in [1.54, 1.807) is 18.6 Å². The maximum absolute atomic E-state index is 12.2. The summed E-state index contributed by atoms with van der Waals surface area (Å²) in [5, 5.41) is 12.0. The van der Waals surface area contributed by atoms with Crippen molar-refractivity contribution in [1.29, 1.82) is 0 Å². The SMILES string of the molecule is CN1C(=S)S[C@H]([N+]([O-])=Cc2cccnc2)C1(C)C. The minimum Gasteiger partial charge on any atom is -0.623 e. The van der Waals surface area contributed by atoms with Crippen molar-refractivity contribution in [2.45, 2.75) is 24.8 Å². The summed E-state index contributed by atoms with van der Waals surface area (Å²) in [6, 6.07) is 3.66. The first kappa shape index (κ1) is 13.3. The van der Waals surface area contributed by atoms with Gasteiger partial charge < -0.3 is 10.1 Å². The van der Waals surface area contributed by atoms with Crippen molar-refractivity contribution in [3.63, 3.8) is 0 Å². The fourth-order valence-corrected chi connectivity index (χ4v) is 3.45. The number of thioether (sulfide) groups is 1. The van der Waals surface area contributed by atoms with Crippen molar-refractivity contribution in [3.05, 3.63) is 35.3 Å². The fraction of sp³-hybridized carbons (Fsp3) is 0.417. The Hall–Kier alpha value is -1.14. The summed E-state index contributed by atoms with van der Waals surface area (Å²) in [5.74, 6) is 0. The van der Waals surface area contributed by atoms with Gasteiger partial charge in [-0.25, -0.2) is 0 Å². The van der Waals surface area contributed by atoms with Gasteiger partial charge in [-0.3, -0.25) is 4.98 Å². The topological polar surface area (TPSA) is 42.2 Å². The van der Waals surface area contributed by atoms with Crippen LogP contribution in [-0.4, -0.2) is 43.1 Å². The molecule has 1 aliphatic rings. The second kappa shape index (κ2) is 4.85. The standard InChI is InChI=1S/C12H15N3OS2/c1-12(2)10(18-11(17)14(12)3)15(16)8-9-5-4-6-13-7-9/h4-8,10H,1-3H3/t10-/m0/s1. The van der Waals surface area contributed by atoms with Crippen LogP contribution in [0.3, 0.4) is 0 Å². The zero-order valence-corrected chi connectivity index (χ0v) is 12.2. The monoisotopic (exact) mass is 281 g/mol. The molecule has 1 aromatic rings. The van der Waals surface area contributed by atoms with Crippen molar-refractivity contribution in [3.8, 4) is 0 Å². The number of aromatic nitrogens is 1. The summed E-state index contributed by atoms with van der Waals surface area (Å²) in [4.78, 5) is 5.96. The number of nitrogens with zero attached hydrogens (tertiary/aromatic N) is 3. The van der Waals surface area contributed by atoms with Crippen LogP contribution < -0.4 is 0 Å². The average Bonchev–Trinajstić information content (AvgIpc) is 2.54. The van der Waals surface area contributed by atoms with E-state index < -0.39 is 0 Å². The molecule has 0 aromatic carbocycles. The molecule has 1 aromatic heterocycles. The minimum absolute atomic E-state index is 0.241. The Morgan fingerprint density at radius 2 is 2.33 bits per heavy atom. The molecule has 1 saturated heterocycles. The molecule has 2 rings (SSSR count). The summed E-state index contributed by atoms with van der Waals surface area (Å²) < 4.78 is 1.72. The molecule has 0 aliphatic carbocycles. The third-order valence-corrected chi connectivity index (χ3v) is 5.19. The molecule has 1 aliphatic heterocycles. The van der Waals surface area contributed by atoms with Gasteiger partial charge in [0.25, 0.3) is 0 Å². The quantitative estimate of drug-likeness (QED) is 0.273. The molecular formula is C12H15N3OS2. The molecule has 96 valence electrons. The predicted octanol–water partition coefficient (Wildman–Crippen LogP) is 2.08. The van der Waals surface area contributed by atoms with E-state index >= 15 is 0 Å². The van der Waals surface area contributed by atoms with Gasteiger partial charge in [0.05, 0.1) is 5.56 Å². The Bertz CT molecular complexity index is 487. The molecule has 18 heavy (non-hydrogen) atoms. The van der Waals surface area contributed by atoms with E-state index in [1.165, 1.54) is 11.8 Å². The highest BCUT2D eigenvalue weighted by molar-refractivity contribution is 8.23. The van der Waals surface area contributed by atoms with Gasteiger partial charge in [0.2, 0.25) is 5.37 Å². The number of rotatable bonds is 2. The lowest BCUT2D eigenvalue weighted by Crippen LogP contribution is -2.47. The largest absolute Gasteiger partial charge is 0.623 e. The summed E-state index contributed by atoms with van der Waals surface area (Å²) in [6.45, 7) is 4.04. The number of hydrogen-bond acceptors (Lipinski definition) is 4. The van der Waals surface area contributed by atoms with E-state index in [9.17, 15) is 5.21 Å². The van der Waals surface area contributed by atoms with E-state index in [0.717, 1.165) is 14.6 Å². The molecule has 0 N–H and O–H groups in total. The van der Waals surface area contributed by atoms with Crippen molar-refractivity contribution >= 4 is 34.5 Å². The van der Waals surface area contributed by atoms with Crippen LogP contribution in [0.5, 0.6) is 0 Å². The molecule has 0 amide bonds. The molecule has 0 radical (unpaired) electrons. The summed E-state index contributed by atoms with van der Waals surface area (Å²) in [7, 11) is 1.92. The van der Waals surface area contributed by atoms with Crippen LogP contribution in [0, 0.1) is 5.21 Å². The van der Waals surface area contributed by atoms with Gasteiger partial charge >= 0.3 is 0 Å². The fourth-order valence-electron chi connectivity index (χ4n) is 1.75. The van der Waals surface area contributed by atoms with Crippen molar-refractivity contribution < 1.29 is 4.74 Å². The van der Waals surface area contributed by atoms with Gasteiger partial charge in [0.1, 0.15) is 9.86 Å². The van der Waals surface area contributed by atoms with Crippen LogP contribution in [0.25, 0.3) is 0 Å². The van der Waals surface area contributed by atoms with Gasteiger partial charge in [-0.15, -0.1) is 0 Å². The van der Waals surface area contributed by atoms with Crippen LogP contribution in [0.1, 0.15) is 19.4 Å². The molecule has 1 atom stereocenters. The maximum atomic E-state index is 12.2. The van der Waals surface area contributed by atoms with E-state index in [0.29, 0.717) is 0 Å². The number of hydroxylamine groups is 1. The summed E-state index contributed by atoms with van der Waals surface area (Å²) in [5.41, 5.74) is 0.506. The minimum atomic E-state index is -0.289. The molecule has 0 spiro atoms. The van der Waals surface area contributed by atoms with Crippen molar-refractivity contribution in [2.75, 3.05) is 7.05 Å². The zero-order valence-electron chi connectivity index (χ0n) is 10.5. The first-order valence-electron chi connectivity index (χ1n) is 5.58. The van der Waals surface area contributed by atoms with E-state index in [2.05, 4.69) is 4.98 Å². The molecule has 0 unspecified atom stereocenters. The second-order valence-electron chi connectivity index (χ2n) is 4.72. The Morgan fingerprint density at radius 1 is 1.61 bits per heavy atom. The first-order chi connectivity index (χ1) is 8.43. The van der Waals surface area contributed by atoms with Crippen LogP contribution >= 0.6 is 24.0 Å². The highest BCUT2D eigenvalue weighted by Crippen LogP contribution is 2.38. The number of hydrogen-bond donors (Lipinski definition) is 0. The van der Waals surface area contributed by atoms with Gasteiger partial charge in [0.15, 0.2) is 6.21 Å². The van der Waals surface area contributed by atoms with Gasteiger partial charge in [0, 0.05) is 19.4 Å². The van der Waals surface area contributed by atoms with Crippen LogP contribution in [0.4, 0.5) is 0 Å². The average molecular weight is 281 g/mol. The first-order valence-corrected chi connectivity index (χ1v) is 6.86. The molecule has 0 bridgehead atoms. The lowest BCUT2D eigenvalue weighted by atomic mass is 10.0.